The minimum Gasteiger partial charge on any atom is -0.309 e. The fraction of sp³-hybridized carbons (Fsp3) is 0.0541. The Bertz CT molecular complexity index is 4560. The lowest BCUT2D eigenvalue weighted by molar-refractivity contribution is 1.16. The van der Waals surface area contributed by atoms with Gasteiger partial charge in [0.1, 0.15) is 0 Å². The van der Waals surface area contributed by atoms with Crippen molar-refractivity contribution in [2.45, 2.75) is 27.7 Å². The van der Waals surface area contributed by atoms with Crippen molar-refractivity contribution in [3.63, 3.8) is 0 Å². The molecule has 5 heteroatoms. The first-order valence-electron chi connectivity index (χ1n) is 27.2. The van der Waals surface area contributed by atoms with Crippen molar-refractivity contribution in [3.8, 4) is 73.2 Å². The van der Waals surface area contributed by atoms with Crippen molar-refractivity contribution in [1.29, 1.82) is 0 Å². The van der Waals surface area contributed by atoms with Gasteiger partial charge in [-0.3, -0.25) is 0 Å². The summed E-state index contributed by atoms with van der Waals surface area (Å²) in [5.74, 6) is 0.720. The summed E-state index contributed by atoms with van der Waals surface area (Å²) in [5, 5.41) is 7.42. The molecule has 0 atom stereocenters. The molecule has 0 saturated carbocycles. The molecule has 0 radical (unpaired) electrons. The van der Waals surface area contributed by atoms with Gasteiger partial charge in [0.15, 0.2) is 5.82 Å². The molecule has 0 aliphatic rings. The summed E-state index contributed by atoms with van der Waals surface area (Å²) in [6.07, 6.45) is 0. The first-order chi connectivity index (χ1) is 38.8. The zero-order chi connectivity index (χ0) is 52.9. The number of rotatable bonds is 8. The third-order valence-corrected chi connectivity index (χ3v) is 16.3. The Labute approximate surface area is 458 Å². The van der Waals surface area contributed by atoms with Crippen LogP contribution in [0.5, 0.6) is 0 Å². The molecule has 4 aromatic heterocycles. The van der Waals surface area contributed by atoms with Crippen molar-refractivity contribution in [2.24, 2.45) is 0 Å². The van der Waals surface area contributed by atoms with Gasteiger partial charge in [-0.15, -0.1) is 0 Å². The van der Waals surface area contributed by atoms with E-state index in [0.29, 0.717) is 0 Å². The van der Waals surface area contributed by atoms with Crippen LogP contribution in [0, 0.1) is 27.7 Å². The van der Waals surface area contributed by atoms with Crippen molar-refractivity contribution in [3.05, 3.63) is 271 Å². The topological polar surface area (TPSA) is 40.6 Å². The molecular weight excluding hydrogens is 959 g/mol. The Hall–Kier alpha value is -10.1. The summed E-state index contributed by atoms with van der Waals surface area (Å²) < 4.78 is 7.29. The van der Waals surface area contributed by atoms with Gasteiger partial charge in [-0.05, 0) is 140 Å². The highest BCUT2D eigenvalue weighted by molar-refractivity contribution is 6.14. The minimum absolute atomic E-state index is 0.720. The zero-order valence-corrected chi connectivity index (χ0v) is 44.4. The quantitative estimate of drug-likeness (QED) is 0.152. The fourth-order valence-electron chi connectivity index (χ4n) is 12.3. The molecule has 0 aliphatic carbocycles. The van der Waals surface area contributed by atoms with Gasteiger partial charge in [-0.2, -0.15) is 0 Å². The highest BCUT2D eigenvalue weighted by Crippen LogP contribution is 2.41. The monoisotopic (exact) mass is 1010 g/mol. The van der Waals surface area contributed by atoms with Gasteiger partial charge < -0.3 is 13.7 Å². The lowest BCUT2D eigenvalue weighted by Gasteiger charge is -2.15. The summed E-state index contributed by atoms with van der Waals surface area (Å²) in [7, 11) is 0. The Balaban J connectivity index is 0.802. The fourth-order valence-corrected chi connectivity index (χ4v) is 12.3. The summed E-state index contributed by atoms with van der Waals surface area (Å²) in [6, 6.07) is 90.9. The molecule has 5 nitrogen and oxygen atoms in total. The van der Waals surface area contributed by atoms with Crippen LogP contribution >= 0.6 is 0 Å². The SMILES string of the molecule is Cc1ccc(-c2cc(-c3ccc(-c4cc(C)c(-c5ccc(-n6c7ccc(-n8c9ccccc9c9ccccc98)cc7c7cc(-n8c9ccccc9c9ccccc98)ccc76)cc5)cc4C)cc3)nc(-c3ccc(C)cc3)n2)cc1. The zero-order valence-electron chi connectivity index (χ0n) is 44.4. The molecule has 0 saturated heterocycles. The van der Waals surface area contributed by atoms with E-state index < -0.39 is 0 Å². The molecule has 0 spiro atoms. The van der Waals surface area contributed by atoms with Gasteiger partial charge >= 0.3 is 0 Å². The van der Waals surface area contributed by atoms with E-state index in [1.807, 2.05) is 0 Å². The lowest BCUT2D eigenvalue weighted by Crippen LogP contribution is -1.97. The number of hydrogen-bond acceptors (Lipinski definition) is 2. The van der Waals surface area contributed by atoms with E-state index in [1.54, 1.807) is 0 Å². The van der Waals surface area contributed by atoms with Crippen molar-refractivity contribution in [1.82, 2.24) is 23.7 Å². The van der Waals surface area contributed by atoms with E-state index in [2.05, 4.69) is 290 Å². The molecular formula is C74H53N5. The van der Waals surface area contributed by atoms with E-state index in [4.69, 9.17) is 9.97 Å². The van der Waals surface area contributed by atoms with E-state index in [9.17, 15) is 0 Å². The largest absolute Gasteiger partial charge is 0.309 e. The molecule has 0 N–H and O–H groups in total. The van der Waals surface area contributed by atoms with Crippen LogP contribution in [0.15, 0.2) is 249 Å². The second-order valence-electron chi connectivity index (χ2n) is 21.3. The number of aryl methyl sites for hydroxylation is 4. The molecule has 15 rings (SSSR count). The van der Waals surface area contributed by atoms with Crippen LogP contribution in [0.2, 0.25) is 0 Å². The molecule has 4 heterocycles. The van der Waals surface area contributed by atoms with Crippen molar-refractivity contribution in [2.75, 3.05) is 0 Å². The molecule has 0 bridgehead atoms. The number of aromatic nitrogens is 5. The second-order valence-corrected chi connectivity index (χ2v) is 21.3. The van der Waals surface area contributed by atoms with Crippen LogP contribution in [0.1, 0.15) is 22.3 Å². The normalized spacial score (nSPS) is 11.8. The molecule has 0 unspecified atom stereocenters. The Morgan fingerprint density at radius 1 is 0.253 bits per heavy atom. The summed E-state index contributed by atoms with van der Waals surface area (Å²) in [6.45, 7) is 8.68. The standard InChI is InChI=1S/C74H53N5/c1-46-21-25-52(26-22-46)66-45-67(76-74(75-66)54-27-23-47(2)24-28-54)53-31-29-50(30-32-53)62-41-49(4)63(42-48(62)3)51-33-35-55(36-34-51)77-72-39-37-56(78-68-17-9-5-13-58(68)59-14-6-10-18-69(59)78)43-64(72)65-44-57(38-40-73(65)77)79-70-19-11-7-15-60(70)61-16-8-12-20-71(61)79/h5-45H,1-4H3. The average molecular weight is 1010 g/mol. The molecule has 79 heavy (non-hydrogen) atoms. The van der Waals surface area contributed by atoms with Crippen LogP contribution in [0.3, 0.4) is 0 Å². The van der Waals surface area contributed by atoms with Crippen molar-refractivity contribution >= 4 is 65.4 Å². The van der Waals surface area contributed by atoms with E-state index in [-0.39, 0.29) is 0 Å². The van der Waals surface area contributed by atoms with Gasteiger partial charge in [-0.1, -0.05) is 181 Å². The molecule has 374 valence electrons. The van der Waals surface area contributed by atoms with Crippen LogP contribution in [0.25, 0.3) is 139 Å². The number of benzene rings is 11. The first-order valence-corrected chi connectivity index (χ1v) is 27.2. The van der Waals surface area contributed by atoms with Crippen LogP contribution in [-0.4, -0.2) is 23.7 Å². The molecule has 0 aliphatic heterocycles. The van der Waals surface area contributed by atoms with Crippen LogP contribution < -0.4 is 0 Å². The third kappa shape index (κ3) is 7.68. The van der Waals surface area contributed by atoms with E-state index in [1.165, 1.54) is 98.9 Å². The summed E-state index contributed by atoms with van der Waals surface area (Å²) in [5.41, 5.74) is 25.1. The van der Waals surface area contributed by atoms with Gasteiger partial charge in [0.05, 0.1) is 44.5 Å². The Kier molecular flexibility index (Phi) is 10.7. The lowest BCUT2D eigenvalue weighted by atomic mass is 9.91. The highest BCUT2D eigenvalue weighted by atomic mass is 15.0. The number of fused-ring (bicyclic) bond motifs is 9. The summed E-state index contributed by atoms with van der Waals surface area (Å²) in [4.78, 5) is 10.2. The van der Waals surface area contributed by atoms with Crippen LogP contribution in [-0.2, 0) is 0 Å². The molecule has 15 aromatic rings. The highest BCUT2D eigenvalue weighted by Gasteiger charge is 2.20. The van der Waals surface area contributed by atoms with E-state index >= 15 is 0 Å². The predicted molar refractivity (Wildman–Crippen MR) is 331 cm³/mol. The van der Waals surface area contributed by atoms with Crippen molar-refractivity contribution < 1.29 is 0 Å². The Morgan fingerprint density at radius 2 is 0.570 bits per heavy atom. The second kappa shape index (κ2) is 18.3. The van der Waals surface area contributed by atoms with Gasteiger partial charge in [0.25, 0.3) is 0 Å². The van der Waals surface area contributed by atoms with Crippen LogP contribution in [0.4, 0.5) is 0 Å². The number of para-hydroxylation sites is 4. The maximum atomic E-state index is 5.13. The number of hydrogen-bond donors (Lipinski definition) is 0. The summed E-state index contributed by atoms with van der Waals surface area (Å²) >= 11 is 0. The van der Waals surface area contributed by atoms with Gasteiger partial charge in [0, 0.05) is 66.1 Å². The minimum atomic E-state index is 0.720. The molecule has 0 fully saturated rings. The smallest absolute Gasteiger partial charge is 0.160 e. The number of nitrogens with zero attached hydrogens (tertiary/aromatic N) is 5. The Morgan fingerprint density at radius 3 is 0.987 bits per heavy atom. The first kappa shape index (κ1) is 46.2. The maximum Gasteiger partial charge on any atom is 0.160 e. The van der Waals surface area contributed by atoms with E-state index in [0.717, 1.165) is 62.0 Å². The average Bonchev–Trinajstić information content (AvgIpc) is 4.24. The van der Waals surface area contributed by atoms with Gasteiger partial charge in [-0.25, -0.2) is 9.97 Å². The molecule has 0 amide bonds. The maximum absolute atomic E-state index is 5.13. The third-order valence-electron chi connectivity index (χ3n) is 16.3. The molecule has 11 aromatic carbocycles. The predicted octanol–water partition coefficient (Wildman–Crippen LogP) is 19.3. The van der Waals surface area contributed by atoms with Gasteiger partial charge in [0.2, 0.25) is 0 Å².